The van der Waals surface area contributed by atoms with Crippen molar-refractivity contribution in [2.45, 2.75) is 39.5 Å². The largest absolute Gasteiger partial charge is 0.456 e. The average molecular weight is 839 g/mol. The minimum atomic E-state index is 0.311. The molecular weight excluding hydrogens is 789 g/mol. The van der Waals surface area contributed by atoms with Gasteiger partial charge in [-0.2, -0.15) is 0 Å². The number of nitrogens with zero attached hydrogens (tertiary/aromatic N) is 2. The summed E-state index contributed by atoms with van der Waals surface area (Å²) >= 11 is 0. The van der Waals surface area contributed by atoms with Gasteiger partial charge in [0.25, 0.3) is 0 Å². The van der Waals surface area contributed by atoms with E-state index in [0.29, 0.717) is 11.8 Å². The maximum atomic E-state index is 6.84. The Hall–Kier alpha value is -7.88. The number of furan rings is 1. The van der Waals surface area contributed by atoms with Gasteiger partial charge < -0.3 is 14.2 Å². The topological polar surface area (TPSA) is 19.6 Å². The SMILES string of the molecule is CC(C)c1cccc(-c2ccccc2)c1N(c1ccccc1)c1ccc2cc3c(cc2c1)oc1cc2cc(N(c4ccccc4)c4c(-c5ccccc5)cccc4C(C)C)ccc2cc13. The second kappa shape index (κ2) is 16.7. The van der Waals surface area contributed by atoms with Crippen LogP contribution in [0.4, 0.5) is 34.1 Å². The molecule has 0 spiro atoms. The zero-order valence-electron chi connectivity index (χ0n) is 37.2. The van der Waals surface area contributed by atoms with Gasteiger partial charge in [0.15, 0.2) is 0 Å². The lowest BCUT2D eigenvalue weighted by Gasteiger charge is -2.31. The number of hydrogen-bond acceptors (Lipinski definition) is 3. The highest BCUT2D eigenvalue weighted by Crippen LogP contribution is 2.48. The van der Waals surface area contributed by atoms with E-state index in [1.54, 1.807) is 0 Å². The van der Waals surface area contributed by atoms with Crippen LogP contribution < -0.4 is 9.80 Å². The first-order chi connectivity index (χ1) is 31.9. The second-order valence-electron chi connectivity index (χ2n) is 17.7. The summed E-state index contributed by atoms with van der Waals surface area (Å²) in [7, 11) is 0. The van der Waals surface area contributed by atoms with E-state index in [1.165, 1.54) is 55.5 Å². The fraction of sp³-hybridized carbons (Fsp3) is 0.0968. The van der Waals surface area contributed by atoms with Crippen LogP contribution in [0, 0.1) is 0 Å². The average Bonchev–Trinajstić information content (AvgIpc) is 3.69. The molecule has 0 saturated carbocycles. The van der Waals surface area contributed by atoms with Gasteiger partial charge in [-0.25, -0.2) is 0 Å². The number of hydrogen-bond donors (Lipinski definition) is 0. The third-order valence-electron chi connectivity index (χ3n) is 12.9. The molecule has 65 heavy (non-hydrogen) atoms. The highest BCUT2D eigenvalue weighted by atomic mass is 16.3. The van der Waals surface area contributed by atoms with E-state index in [2.05, 4.69) is 256 Å². The summed E-state index contributed by atoms with van der Waals surface area (Å²) in [5, 5.41) is 6.83. The van der Waals surface area contributed by atoms with Gasteiger partial charge in [-0.1, -0.05) is 173 Å². The van der Waals surface area contributed by atoms with Gasteiger partial charge in [-0.15, -0.1) is 0 Å². The van der Waals surface area contributed by atoms with Gasteiger partial charge in [-0.3, -0.25) is 0 Å². The molecule has 0 aliphatic carbocycles. The molecule has 1 heterocycles. The Balaban J connectivity index is 1.05. The normalized spacial score (nSPS) is 11.7. The Morgan fingerprint density at radius 3 is 1.09 bits per heavy atom. The zero-order chi connectivity index (χ0) is 44.0. The van der Waals surface area contributed by atoms with Crippen LogP contribution in [0.1, 0.15) is 50.7 Å². The standard InChI is InChI=1S/C62H50N2O/c1-41(2)53-27-17-29-55(43-19-9-5-10-20-43)61(53)63(49-23-13-7-14-24-49)51-33-31-45-37-57-58-38-46-32-34-52(36-48(46)40-60(58)65-59(57)39-47(45)35-51)64(50-25-15-8-16-26-50)62-54(42(3)4)28-18-30-56(62)44-21-11-6-12-22-44/h5-42H,1-4H3. The molecule has 0 atom stereocenters. The Morgan fingerprint density at radius 1 is 0.323 bits per heavy atom. The summed E-state index contributed by atoms with van der Waals surface area (Å²) in [5.74, 6) is 0.622. The summed E-state index contributed by atoms with van der Waals surface area (Å²) in [6.45, 7) is 9.14. The van der Waals surface area contributed by atoms with Gasteiger partial charge in [0.2, 0.25) is 0 Å². The molecule has 314 valence electrons. The van der Waals surface area contributed by atoms with Gasteiger partial charge in [0.05, 0.1) is 11.4 Å². The Morgan fingerprint density at radius 2 is 0.708 bits per heavy atom. The maximum Gasteiger partial charge on any atom is 0.136 e. The summed E-state index contributed by atoms with van der Waals surface area (Å²) in [5.41, 5.74) is 16.0. The molecule has 0 N–H and O–H groups in total. The van der Waals surface area contributed by atoms with Gasteiger partial charge in [-0.05, 0) is 128 Å². The lowest BCUT2D eigenvalue weighted by atomic mass is 9.92. The van der Waals surface area contributed by atoms with Crippen molar-refractivity contribution in [1.82, 2.24) is 0 Å². The first-order valence-corrected chi connectivity index (χ1v) is 22.8. The molecule has 11 aromatic rings. The van der Waals surface area contributed by atoms with Crippen LogP contribution in [0.5, 0.6) is 0 Å². The summed E-state index contributed by atoms with van der Waals surface area (Å²) in [6.07, 6.45) is 0. The second-order valence-corrected chi connectivity index (χ2v) is 17.7. The molecule has 0 fully saturated rings. The van der Waals surface area contributed by atoms with Crippen LogP contribution in [0.25, 0.3) is 65.7 Å². The third-order valence-corrected chi connectivity index (χ3v) is 12.9. The lowest BCUT2D eigenvalue weighted by Crippen LogP contribution is -2.14. The Bertz CT molecular complexity index is 3250. The number of fused-ring (bicyclic) bond motifs is 5. The maximum absolute atomic E-state index is 6.84. The molecular formula is C62H50N2O. The number of para-hydroxylation sites is 4. The molecule has 3 nitrogen and oxygen atoms in total. The monoisotopic (exact) mass is 838 g/mol. The molecule has 0 aliphatic rings. The summed E-state index contributed by atoms with van der Waals surface area (Å²) in [6, 6.07) is 79.2. The van der Waals surface area contributed by atoms with Crippen molar-refractivity contribution < 1.29 is 4.42 Å². The van der Waals surface area contributed by atoms with E-state index in [-0.39, 0.29) is 0 Å². The van der Waals surface area contributed by atoms with E-state index in [9.17, 15) is 0 Å². The Kier molecular flexibility index (Phi) is 10.2. The molecule has 0 bridgehead atoms. The third kappa shape index (κ3) is 7.29. The van der Waals surface area contributed by atoms with Crippen LogP contribution >= 0.6 is 0 Å². The minimum Gasteiger partial charge on any atom is -0.456 e. The van der Waals surface area contributed by atoms with Gasteiger partial charge in [0, 0.05) is 44.6 Å². The molecule has 0 saturated heterocycles. The summed E-state index contributed by atoms with van der Waals surface area (Å²) in [4.78, 5) is 4.87. The highest BCUT2D eigenvalue weighted by molar-refractivity contribution is 6.14. The lowest BCUT2D eigenvalue weighted by molar-refractivity contribution is 0.670. The molecule has 0 aliphatic heterocycles. The first-order valence-electron chi connectivity index (χ1n) is 22.8. The first kappa shape index (κ1) is 39.9. The van der Waals surface area contributed by atoms with Crippen LogP contribution in [0.2, 0.25) is 0 Å². The zero-order valence-corrected chi connectivity index (χ0v) is 37.2. The van der Waals surface area contributed by atoms with Crippen molar-refractivity contribution in [3.05, 3.63) is 230 Å². The molecule has 0 unspecified atom stereocenters. The van der Waals surface area contributed by atoms with E-state index < -0.39 is 0 Å². The predicted molar refractivity (Wildman–Crippen MR) is 277 cm³/mol. The minimum absolute atomic E-state index is 0.311. The number of anilines is 6. The highest BCUT2D eigenvalue weighted by Gasteiger charge is 2.25. The van der Waals surface area contributed by atoms with Crippen molar-refractivity contribution >= 4 is 77.6 Å². The van der Waals surface area contributed by atoms with E-state index >= 15 is 0 Å². The molecule has 1 aromatic heterocycles. The quantitative estimate of drug-likeness (QED) is 0.137. The number of benzene rings is 10. The van der Waals surface area contributed by atoms with Gasteiger partial charge >= 0.3 is 0 Å². The molecule has 0 radical (unpaired) electrons. The van der Waals surface area contributed by atoms with Crippen molar-refractivity contribution in [3.63, 3.8) is 0 Å². The fourth-order valence-corrected chi connectivity index (χ4v) is 9.74. The van der Waals surface area contributed by atoms with Crippen molar-refractivity contribution in [1.29, 1.82) is 0 Å². The molecule has 10 aromatic carbocycles. The van der Waals surface area contributed by atoms with Gasteiger partial charge in [0.1, 0.15) is 11.2 Å². The molecule has 3 heteroatoms. The van der Waals surface area contributed by atoms with Crippen LogP contribution in [0.3, 0.4) is 0 Å². The fourth-order valence-electron chi connectivity index (χ4n) is 9.74. The van der Waals surface area contributed by atoms with E-state index in [4.69, 9.17) is 4.42 Å². The molecule has 0 amide bonds. The van der Waals surface area contributed by atoms with E-state index in [1.807, 2.05) is 0 Å². The smallest absolute Gasteiger partial charge is 0.136 e. The van der Waals surface area contributed by atoms with Crippen LogP contribution in [-0.4, -0.2) is 0 Å². The van der Waals surface area contributed by atoms with Crippen molar-refractivity contribution in [2.24, 2.45) is 0 Å². The Labute approximate surface area is 381 Å². The van der Waals surface area contributed by atoms with Crippen LogP contribution in [0.15, 0.2) is 223 Å². The summed E-state index contributed by atoms with van der Waals surface area (Å²) < 4.78 is 6.84. The van der Waals surface area contributed by atoms with E-state index in [0.717, 1.165) is 55.5 Å². The number of rotatable bonds is 10. The molecule has 11 rings (SSSR count). The van der Waals surface area contributed by atoms with Crippen LogP contribution in [-0.2, 0) is 0 Å². The predicted octanol–water partition coefficient (Wildman–Crippen LogP) is 18.4. The van der Waals surface area contributed by atoms with Crippen molar-refractivity contribution in [3.8, 4) is 22.3 Å². The van der Waals surface area contributed by atoms with Crippen molar-refractivity contribution in [2.75, 3.05) is 9.80 Å².